The third-order valence-corrected chi connectivity index (χ3v) is 3.45. The quantitative estimate of drug-likeness (QED) is 0.789. The van der Waals surface area contributed by atoms with Crippen LogP contribution in [0.5, 0.6) is 5.75 Å². The van der Waals surface area contributed by atoms with Crippen molar-refractivity contribution in [3.8, 4) is 16.9 Å². The Morgan fingerprint density at radius 1 is 1.04 bits per heavy atom. The predicted octanol–water partition coefficient (Wildman–Crippen LogP) is 5.17. The lowest BCUT2D eigenvalue weighted by molar-refractivity contribution is 0.0523. The molecule has 134 valence electrons. The summed E-state index contributed by atoms with van der Waals surface area (Å²) in [5, 5.41) is 2.77. The van der Waals surface area contributed by atoms with E-state index in [0.29, 0.717) is 13.2 Å². The molecule has 0 saturated carbocycles. The Morgan fingerprint density at radius 3 is 2.36 bits per heavy atom. The fourth-order valence-electron chi connectivity index (χ4n) is 2.33. The molecule has 0 spiro atoms. The van der Waals surface area contributed by atoms with Crippen molar-refractivity contribution in [2.45, 2.75) is 46.3 Å². The van der Waals surface area contributed by atoms with Crippen molar-refractivity contribution in [3.05, 3.63) is 54.1 Å². The van der Waals surface area contributed by atoms with Gasteiger partial charge in [0.1, 0.15) is 11.4 Å². The topological polar surface area (TPSA) is 47.6 Å². The molecular weight excluding hydrogens is 314 g/mol. The number of hydrogen-bond acceptors (Lipinski definition) is 3. The average molecular weight is 341 g/mol. The summed E-state index contributed by atoms with van der Waals surface area (Å²) >= 11 is 0. The number of amides is 1. The molecule has 0 saturated heterocycles. The van der Waals surface area contributed by atoms with Crippen molar-refractivity contribution in [2.24, 2.45) is 0 Å². The predicted molar refractivity (Wildman–Crippen MR) is 101 cm³/mol. The van der Waals surface area contributed by atoms with Gasteiger partial charge in [-0.3, -0.25) is 0 Å². The molecule has 0 bridgehead atoms. The van der Waals surface area contributed by atoms with E-state index in [1.54, 1.807) is 0 Å². The second-order valence-corrected chi connectivity index (χ2v) is 6.90. The fraction of sp³-hybridized carbons (Fsp3) is 0.381. The largest absolute Gasteiger partial charge is 0.493 e. The third-order valence-electron chi connectivity index (χ3n) is 3.45. The molecular formula is C21H27NO3. The lowest BCUT2D eigenvalue weighted by Crippen LogP contribution is -2.32. The highest BCUT2D eigenvalue weighted by Crippen LogP contribution is 2.30. The van der Waals surface area contributed by atoms with Gasteiger partial charge >= 0.3 is 6.09 Å². The molecule has 0 aliphatic carbocycles. The van der Waals surface area contributed by atoms with Crippen LogP contribution in [0, 0.1) is 0 Å². The van der Waals surface area contributed by atoms with Gasteiger partial charge in [-0.1, -0.05) is 49.4 Å². The molecule has 0 fully saturated rings. The first-order valence-electron chi connectivity index (χ1n) is 8.67. The highest BCUT2D eigenvalue weighted by atomic mass is 16.6. The minimum Gasteiger partial charge on any atom is -0.493 e. The number of alkyl carbamates (subject to hydrolysis) is 1. The Bertz CT molecular complexity index is 687. The van der Waals surface area contributed by atoms with Gasteiger partial charge in [-0.15, -0.1) is 0 Å². The lowest BCUT2D eigenvalue weighted by atomic mass is 10.0. The molecule has 1 N–H and O–H groups in total. The standard InChI is InChI=1S/C21H27NO3/c1-5-14-24-19-9-7-6-8-18(19)17-12-10-16(11-13-17)15-22-20(23)25-21(2,3)4/h6-13H,5,14-15H2,1-4H3,(H,22,23). The maximum atomic E-state index is 11.7. The van der Waals surface area contributed by atoms with Crippen LogP contribution in [-0.4, -0.2) is 18.3 Å². The molecule has 0 aromatic heterocycles. The summed E-state index contributed by atoms with van der Waals surface area (Å²) in [4.78, 5) is 11.7. The zero-order valence-corrected chi connectivity index (χ0v) is 15.5. The van der Waals surface area contributed by atoms with E-state index < -0.39 is 11.7 Å². The Hall–Kier alpha value is -2.49. The Morgan fingerprint density at radius 2 is 1.72 bits per heavy atom. The second kappa shape index (κ2) is 8.56. The van der Waals surface area contributed by atoms with Gasteiger partial charge in [0.2, 0.25) is 0 Å². The van der Waals surface area contributed by atoms with Crippen LogP contribution in [-0.2, 0) is 11.3 Å². The molecule has 4 heteroatoms. The summed E-state index contributed by atoms with van der Waals surface area (Å²) < 4.78 is 11.1. The van der Waals surface area contributed by atoms with E-state index in [-0.39, 0.29) is 0 Å². The van der Waals surface area contributed by atoms with Gasteiger partial charge in [0.15, 0.2) is 0 Å². The van der Waals surface area contributed by atoms with Gasteiger partial charge in [0.05, 0.1) is 6.61 Å². The van der Waals surface area contributed by atoms with Gasteiger partial charge in [0.25, 0.3) is 0 Å². The van der Waals surface area contributed by atoms with Crippen LogP contribution >= 0.6 is 0 Å². The highest BCUT2D eigenvalue weighted by molar-refractivity contribution is 5.71. The summed E-state index contributed by atoms with van der Waals surface area (Å²) in [6.07, 6.45) is 0.568. The van der Waals surface area contributed by atoms with Gasteiger partial charge in [-0.2, -0.15) is 0 Å². The van der Waals surface area contributed by atoms with Gasteiger partial charge in [-0.25, -0.2) is 4.79 Å². The van der Waals surface area contributed by atoms with E-state index in [0.717, 1.165) is 28.9 Å². The van der Waals surface area contributed by atoms with Crippen LogP contribution in [0.3, 0.4) is 0 Å². The molecule has 0 heterocycles. The molecule has 2 aromatic carbocycles. The summed E-state index contributed by atoms with van der Waals surface area (Å²) in [7, 11) is 0. The number of carbonyl (C=O) groups is 1. The van der Waals surface area contributed by atoms with Crippen molar-refractivity contribution in [2.75, 3.05) is 6.61 Å². The number of ether oxygens (including phenoxy) is 2. The van der Waals surface area contributed by atoms with Crippen molar-refractivity contribution >= 4 is 6.09 Å². The smallest absolute Gasteiger partial charge is 0.407 e. The normalized spacial score (nSPS) is 11.0. The Balaban J connectivity index is 2.02. The summed E-state index contributed by atoms with van der Waals surface area (Å²) in [5.41, 5.74) is 2.69. The van der Waals surface area contributed by atoms with E-state index in [9.17, 15) is 4.79 Å². The first-order chi connectivity index (χ1) is 11.9. The molecule has 0 aliphatic rings. The molecule has 0 atom stereocenters. The van der Waals surface area contributed by atoms with E-state index in [1.807, 2.05) is 63.2 Å². The molecule has 0 radical (unpaired) electrons. The number of benzene rings is 2. The maximum absolute atomic E-state index is 11.7. The lowest BCUT2D eigenvalue weighted by Gasteiger charge is -2.19. The average Bonchev–Trinajstić information content (AvgIpc) is 2.57. The molecule has 2 aromatic rings. The molecule has 25 heavy (non-hydrogen) atoms. The van der Waals surface area contributed by atoms with Crippen LogP contribution in [0.15, 0.2) is 48.5 Å². The van der Waals surface area contributed by atoms with E-state index in [4.69, 9.17) is 9.47 Å². The Kier molecular flexibility index (Phi) is 6.45. The zero-order chi connectivity index (χ0) is 18.3. The summed E-state index contributed by atoms with van der Waals surface area (Å²) in [5.74, 6) is 0.893. The van der Waals surface area contributed by atoms with Crippen LogP contribution in [0.4, 0.5) is 4.79 Å². The number of carbonyl (C=O) groups excluding carboxylic acids is 1. The Labute approximate surface area is 150 Å². The summed E-state index contributed by atoms with van der Waals surface area (Å²) in [6, 6.07) is 16.1. The van der Waals surface area contributed by atoms with E-state index >= 15 is 0 Å². The van der Waals surface area contributed by atoms with Crippen LogP contribution < -0.4 is 10.1 Å². The van der Waals surface area contributed by atoms with Crippen LogP contribution in [0.2, 0.25) is 0 Å². The van der Waals surface area contributed by atoms with Crippen molar-refractivity contribution in [3.63, 3.8) is 0 Å². The number of para-hydroxylation sites is 1. The van der Waals surface area contributed by atoms with Crippen LogP contribution in [0.25, 0.3) is 11.1 Å². The van der Waals surface area contributed by atoms with Crippen LogP contribution in [0.1, 0.15) is 39.7 Å². The highest BCUT2D eigenvalue weighted by Gasteiger charge is 2.15. The minimum absolute atomic E-state index is 0.408. The van der Waals surface area contributed by atoms with E-state index in [1.165, 1.54) is 0 Å². The number of hydrogen-bond donors (Lipinski definition) is 1. The monoisotopic (exact) mass is 341 g/mol. The molecule has 1 amide bonds. The first-order valence-corrected chi connectivity index (χ1v) is 8.67. The molecule has 2 rings (SSSR count). The van der Waals surface area contributed by atoms with Gasteiger partial charge in [0, 0.05) is 12.1 Å². The maximum Gasteiger partial charge on any atom is 0.407 e. The molecule has 0 unspecified atom stereocenters. The second-order valence-electron chi connectivity index (χ2n) is 6.90. The first kappa shape index (κ1) is 18.8. The summed E-state index contributed by atoms with van der Waals surface area (Å²) in [6.45, 7) is 8.77. The van der Waals surface area contributed by atoms with Gasteiger partial charge < -0.3 is 14.8 Å². The third kappa shape index (κ3) is 6.14. The fourth-order valence-corrected chi connectivity index (χ4v) is 2.33. The SMILES string of the molecule is CCCOc1ccccc1-c1ccc(CNC(=O)OC(C)(C)C)cc1. The van der Waals surface area contributed by atoms with Crippen molar-refractivity contribution in [1.82, 2.24) is 5.32 Å². The zero-order valence-electron chi connectivity index (χ0n) is 15.5. The number of nitrogens with one attached hydrogen (secondary N) is 1. The van der Waals surface area contributed by atoms with Gasteiger partial charge in [-0.05, 0) is 44.4 Å². The van der Waals surface area contributed by atoms with Crippen molar-refractivity contribution in [1.29, 1.82) is 0 Å². The molecule has 0 aliphatic heterocycles. The van der Waals surface area contributed by atoms with E-state index in [2.05, 4.69) is 18.3 Å². The number of rotatable bonds is 6. The van der Waals surface area contributed by atoms with Crippen molar-refractivity contribution < 1.29 is 14.3 Å². The molecule has 4 nitrogen and oxygen atoms in total. The minimum atomic E-state index is -0.490.